The third-order valence-corrected chi connectivity index (χ3v) is 3.56. The minimum absolute atomic E-state index is 0.108. The van der Waals surface area contributed by atoms with Gasteiger partial charge in [-0.2, -0.15) is 0 Å². The maximum absolute atomic E-state index is 12.2. The van der Waals surface area contributed by atoms with Crippen molar-refractivity contribution in [2.75, 3.05) is 6.61 Å². The molecule has 2 rings (SSSR count). The van der Waals surface area contributed by atoms with E-state index in [4.69, 9.17) is 9.84 Å². The number of ether oxygens (including phenoxy) is 1. The molecule has 0 aromatic carbocycles. The largest absolute Gasteiger partial charge is 0.479 e. The average molecular weight is 267 g/mol. The molecule has 1 amide bonds. The molecule has 19 heavy (non-hydrogen) atoms. The van der Waals surface area contributed by atoms with Gasteiger partial charge in [0.15, 0.2) is 6.10 Å². The van der Waals surface area contributed by atoms with Gasteiger partial charge < -0.3 is 14.7 Å². The van der Waals surface area contributed by atoms with Crippen molar-refractivity contribution in [3.63, 3.8) is 0 Å². The summed E-state index contributed by atoms with van der Waals surface area (Å²) in [7, 11) is 0. The van der Waals surface area contributed by atoms with Crippen molar-refractivity contribution in [2.24, 2.45) is 0 Å². The van der Waals surface area contributed by atoms with Crippen LogP contribution in [0.1, 0.15) is 45.4 Å². The molecule has 1 N–H and O–H groups in total. The lowest BCUT2D eigenvalue weighted by Crippen LogP contribution is -2.37. The van der Waals surface area contributed by atoms with Crippen LogP contribution in [-0.2, 0) is 14.3 Å². The summed E-state index contributed by atoms with van der Waals surface area (Å²) in [6, 6.07) is 0.306. The van der Waals surface area contributed by atoms with Gasteiger partial charge in [-0.05, 0) is 45.4 Å². The van der Waals surface area contributed by atoms with Gasteiger partial charge in [-0.15, -0.1) is 0 Å². The van der Waals surface area contributed by atoms with Crippen LogP contribution in [0.2, 0.25) is 0 Å². The normalized spacial score (nSPS) is 20.6. The molecule has 106 valence electrons. The molecule has 0 saturated heterocycles. The summed E-state index contributed by atoms with van der Waals surface area (Å²) in [6.07, 6.45) is 7.55. The molecule has 0 spiro atoms. The predicted molar refractivity (Wildman–Crippen MR) is 69.5 cm³/mol. The molecular formula is C14H21NO4. The summed E-state index contributed by atoms with van der Waals surface area (Å²) in [6.45, 7) is 1.29. The topological polar surface area (TPSA) is 66.8 Å². The van der Waals surface area contributed by atoms with Gasteiger partial charge in [0.05, 0.1) is 0 Å². The second kappa shape index (κ2) is 6.19. The zero-order valence-corrected chi connectivity index (χ0v) is 11.3. The minimum Gasteiger partial charge on any atom is -0.479 e. The summed E-state index contributed by atoms with van der Waals surface area (Å²) >= 11 is 0. The quantitative estimate of drug-likeness (QED) is 0.798. The number of allylic oxidation sites excluding steroid dienone is 2. The molecule has 1 fully saturated rings. The maximum Gasteiger partial charge on any atom is 0.332 e. The first-order valence-electron chi connectivity index (χ1n) is 6.95. The molecular weight excluding hydrogens is 246 g/mol. The number of nitrogens with zero attached hydrogens (tertiary/aromatic N) is 1. The second-order valence-corrected chi connectivity index (χ2v) is 5.23. The molecule has 1 unspecified atom stereocenters. The van der Waals surface area contributed by atoms with Gasteiger partial charge in [-0.3, -0.25) is 4.79 Å². The van der Waals surface area contributed by atoms with Crippen molar-refractivity contribution in [3.05, 3.63) is 11.8 Å². The number of hydrogen-bond acceptors (Lipinski definition) is 3. The Bertz CT molecular complexity index is 387. The average Bonchev–Trinajstić information content (AvgIpc) is 3.22. The fourth-order valence-corrected chi connectivity index (χ4v) is 2.31. The highest BCUT2D eigenvalue weighted by atomic mass is 16.5. The standard InChI is InChI=1S/C14H21NO4/c1-10(14(17)18)19-9-13(16)15(12-7-8-12)11-5-3-2-4-6-11/h5,10,12H,2-4,6-9H2,1H3,(H,17,18). The number of carbonyl (C=O) groups is 2. The molecule has 1 saturated carbocycles. The van der Waals surface area contributed by atoms with Crippen LogP contribution in [0.5, 0.6) is 0 Å². The summed E-state index contributed by atoms with van der Waals surface area (Å²) < 4.78 is 5.10. The predicted octanol–water partition coefficient (Wildman–Crippen LogP) is 1.93. The number of aliphatic carboxylic acids is 1. The van der Waals surface area contributed by atoms with Crippen LogP contribution >= 0.6 is 0 Å². The van der Waals surface area contributed by atoms with E-state index >= 15 is 0 Å². The van der Waals surface area contributed by atoms with Gasteiger partial charge in [0.25, 0.3) is 5.91 Å². The van der Waals surface area contributed by atoms with Crippen LogP contribution in [0.3, 0.4) is 0 Å². The van der Waals surface area contributed by atoms with Crippen LogP contribution in [0.25, 0.3) is 0 Å². The molecule has 0 radical (unpaired) electrons. The first-order valence-corrected chi connectivity index (χ1v) is 6.95. The first kappa shape index (κ1) is 14.1. The van der Waals surface area contributed by atoms with Crippen molar-refractivity contribution in [1.29, 1.82) is 0 Å². The highest BCUT2D eigenvalue weighted by molar-refractivity contribution is 5.80. The fourth-order valence-electron chi connectivity index (χ4n) is 2.31. The van der Waals surface area contributed by atoms with Crippen LogP contribution < -0.4 is 0 Å². The molecule has 2 aliphatic carbocycles. The number of rotatable bonds is 6. The van der Waals surface area contributed by atoms with Gasteiger partial charge in [-0.1, -0.05) is 6.08 Å². The van der Waals surface area contributed by atoms with Crippen molar-refractivity contribution in [1.82, 2.24) is 4.90 Å². The molecule has 1 atom stereocenters. The summed E-state index contributed by atoms with van der Waals surface area (Å²) in [5, 5.41) is 8.74. The fraction of sp³-hybridized carbons (Fsp3) is 0.714. The highest BCUT2D eigenvalue weighted by Gasteiger charge is 2.35. The molecule has 0 bridgehead atoms. The minimum atomic E-state index is -1.04. The molecule has 5 nitrogen and oxygen atoms in total. The Balaban J connectivity index is 1.93. The van der Waals surface area contributed by atoms with Crippen LogP contribution in [-0.4, -0.2) is 40.6 Å². The Hall–Kier alpha value is -1.36. The molecule has 0 heterocycles. The lowest BCUT2D eigenvalue weighted by Gasteiger charge is -2.28. The van der Waals surface area contributed by atoms with Crippen molar-refractivity contribution in [3.8, 4) is 0 Å². The van der Waals surface area contributed by atoms with Crippen molar-refractivity contribution < 1.29 is 19.4 Å². The number of hydrogen-bond donors (Lipinski definition) is 1. The Morgan fingerprint density at radius 3 is 2.74 bits per heavy atom. The lowest BCUT2D eigenvalue weighted by molar-refractivity contribution is -0.152. The Kier molecular flexibility index (Phi) is 4.58. The van der Waals surface area contributed by atoms with Crippen LogP contribution in [0.4, 0.5) is 0 Å². The zero-order chi connectivity index (χ0) is 13.8. The third kappa shape index (κ3) is 3.80. The monoisotopic (exact) mass is 267 g/mol. The molecule has 0 aromatic heterocycles. The van der Waals surface area contributed by atoms with Gasteiger partial charge >= 0.3 is 5.97 Å². The molecule has 0 aromatic rings. The summed E-state index contributed by atoms with van der Waals surface area (Å²) in [5.41, 5.74) is 1.10. The third-order valence-electron chi connectivity index (χ3n) is 3.56. The van der Waals surface area contributed by atoms with E-state index in [9.17, 15) is 9.59 Å². The Morgan fingerprint density at radius 1 is 1.47 bits per heavy atom. The van der Waals surface area contributed by atoms with Crippen LogP contribution in [0.15, 0.2) is 11.8 Å². The zero-order valence-electron chi connectivity index (χ0n) is 11.3. The van der Waals surface area contributed by atoms with Crippen molar-refractivity contribution in [2.45, 2.75) is 57.6 Å². The van der Waals surface area contributed by atoms with E-state index in [0.717, 1.165) is 37.8 Å². The van der Waals surface area contributed by atoms with E-state index in [0.29, 0.717) is 6.04 Å². The Morgan fingerprint density at radius 2 is 2.21 bits per heavy atom. The van der Waals surface area contributed by atoms with Crippen molar-refractivity contribution >= 4 is 11.9 Å². The number of amides is 1. The van der Waals surface area contributed by atoms with E-state index in [1.165, 1.54) is 13.3 Å². The Labute approximate surface area is 113 Å². The molecule has 0 aliphatic heterocycles. The summed E-state index contributed by atoms with van der Waals surface area (Å²) in [4.78, 5) is 24.7. The number of carboxylic acid groups (broad SMARTS) is 1. The van der Waals surface area contributed by atoms with Gasteiger partial charge in [0, 0.05) is 11.7 Å². The van der Waals surface area contributed by atoms with Gasteiger partial charge in [0.2, 0.25) is 0 Å². The smallest absolute Gasteiger partial charge is 0.332 e. The van der Waals surface area contributed by atoms with Crippen LogP contribution in [0, 0.1) is 0 Å². The second-order valence-electron chi connectivity index (χ2n) is 5.23. The van der Waals surface area contributed by atoms with E-state index in [2.05, 4.69) is 6.08 Å². The first-order chi connectivity index (χ1) is 9.09. The SMILES string of the molecule is CC(OCC(=O)N(C1=CCCCC1)C1CC1)C(=O)O. The molecule has 5 heteroatoms. The summed E-state index contributed by atoms with van der Waals surface area (Å²) in [5.74, 6) is -1.15. The van der Waals surface area contributed by atoms with E-state index < -0.39 is 12.1 Å². The lowest BCUT2D eigenvalue weighted by atomic mass is 10.0. The number of carboxylic acids is 1. The van der Waals surface area contributed by atoms with Gasteiger partial charge in [0.1, 0.15) is 6.61 Å². The van der Waals surface area contributed by atoms with E-state index in [1.54, 1.807) is 0 Å². The van der Waals surface area contributed by atoms with E-state index in [-0.39, 0.29) is 12.5 Å². The van der Waals surface area contributed by atoms with Gasteiger partial charge in [-0.25, -0.2) is 4.79 Å². The highest BCUT2D eigenvalue weighted by Crippen LogP contribution is 2.33. The van der Waals surface area contributed by atoms with E-state index in [1.807, 2.05) is 4.90 Å². The maximum atomic E-state index is 12.2. The molecule has 2 aliphatic rings. The number of carbonyl (C=O) groups excluding carboxylic acids is 1.